The number of aldehydes is 1. The van der Waals surface area contributed by atoms with Crippen molar-refractivity contribution in [2.24, 2.45) is 0 Å². The van der Waals surface area contributed by atoms with Gasteiger partial charge in [0.25, 0.3) is 0 Å². The molecule has 0 aliphatic carbocycles. The zero-order valence-corrected chi connectivity index (χ0v) is 10.5. The average Bonchev–Trinajstić information content (AvgIpc) is 2.34. The molecule has 0 unspecified atom stereocenters. The Balaban J connectivity index is 2.89. The highest BCUT2D eigenvalue weighted by molar-refractivity contribution is 5.78. The molecule has 3 heteroatoms. The minimum atomic E-state index is 0.669. The van der Waals surface area contributed by atoms with Crippen LogP contribution in [-0.4, -0.2) is 33.1 Å². The first-order chi connectivity index (χ1) is 8.22. The lowest BCUT2D eigenvalue weighted by atomic mass is 10.1. The lowest BCUT2D eigenvalue weighted by Crippen LogP contribution is -2.27. The van der Waals surface area contributed by atoms with E-state index in [1.54, 1.807) is 7.11 Å². The number of anilines is 1. The van der Waals surface area contributed by atoms with Gasteiger partial charge in [0.1, 0.15) is 6.29 Å². The summed E-state index contributed by atoms with van der Waals surface area (Å²) in [4.78, 5) is 12.9. The van der Waals surface area contributed by atoms with Gasteiger partial charge in [-0.25, -0.2) is 0 Å². The molecule has 0 aliphatic rings. The van der Waals surface area contributed by atoms with Gasteiger partial charge in [-0.05, 0) is 30.7 Å². The van der Waals surface area contributed by atoms with E-state index >= 15 is 0 Å². The number of methoxy groups -OCH3 is 1. The Labute approximate surface area is 103 Å². The van der Waals surface area contributed by atoms with Gasteiger partial charge in [0, 0.05) is 31.5 Å². The molecule has 0 aromatic heterocycles. The first-order valence-electron chi connectivity index (χ1n) is 5.63. The molecule has 0 fully saturated rings. The predicted octanol–water partition coefficient (Wildman–Crippen LogP) is 2.45. The van der Waals surface area contributed by atoms with Crippen LogP contribution >= 0.6 is 0 Å². The molecule has 0 saturated heterocycles. The van der Waals surface area contributed by atoms with E-state index in [1.165, 1.54) is 0 Å². The number of nitrogens with zero attached hydrogens (tertiary/aromatic N) is 1. The van der Waals surface area contributed by atoms with Crippen molar-refractivity contribution in [3.63, 3.8) is 0 Å². The van der Waals surface area contributed by atoms with E-state index in [0.717, 1.165) is 36.2 Å². The fourth-order valence-corrected chi connectivity index (χ4v) is 1.67. The Morgan fingerprint density at radius 1 is 1.47 bits per heavy atom. The van der Waals surface area contributed by atoms with E-state index in [4.69, 9.17) is 4.74 Å². The van der Waals surface area contributed by atoms with Crippen molar-refractivity contribution >= 4 is 12.0 Å². The highest BCUT2D eigenvalue weighted by Crippen LogP contribution is 2.18. The lowest BCUT2D eigenvalue weighted by molar-refractivity contribution is 0.112. The van der Waals surface area contributed by atoms with Crippen molar-refractivity contribution in [3.8, 4) is 0 Å². The minimum Gasteiger partial charge on any atom is -0.383 e. The van der Waals surface area contributed by atoms with Crippen molar-refractivity contribution in [3.05, 3.63) is 42.0 Å². The molecule has 3 nitrogen and oxygen atoms in total. The second-order valence-electron chi connectivity index (χ2n) is 3.89. The molecule has 0 bridgehead atoms. The number of rotatable bonds is 7. The van der Waals surface area contributed by atoms with Crippen LogP contribution in [0.25, 0.3) is 0 Å². The van der Waals surface area contributed by atoms with Gasteiger partial charge in [0.15, 0.2) is 0 Å². The van der Waals surface area contributed by atoms with Crippen molar-refractivity contribution in [2.75, 3.05) is 31.7 Å². The Morgan fingerprint density at radius 2 is 2.24 bits per heavy atom. The molecule has 0 radical (unpaired) electrons. The molecule has 0 atom stereocenters. The monoisotopic (exact) mass is 233 g/mol. The Bertz CT molecular complexity index is 388. The quantitative estimate of drug-likeness (QED) is 0.535. The molecular weight excluding hydrogens is 214 g/mol. The standard InChI is InChI=1S/C14H19NO2/c1-4-7-15(8-9-17-3)14-6-5-13(11-16)12(2)10-14/h4-6,10-11H,1,7-9H2,2-3H3. The van der Waals surface area contributed by atoms with E-state index in [0.29, 0.717) is 6.61 Å². The second-order valence-corrected chi connectivity index (χ2v) is 3.89. The smallest absolute Gasteiger partial charge is 0.150 e. The van der Waals surface area contributed by atoms with Gasteiger partial charge in [-0.3, -0.25) is 4.79 Å². The van der Waals surface area contributed by atoms with Crippen LogP contribution in [0.2, 0.25) is 0 Å². The van der Waals surface area contributed by atoms with Gasteiger partial charge in [0.2, 0.25) is 0 Å². The van der Waals surface area contributed by atoms with E-state index in [-0.39, 0.29) is 0 Å². The van der Waals surface area contributed by atoms with Crippen LogP contribution in [0.15, 0.2) is 30.9 Å². The lowest BCUT2D eigenvalue weighted by Gasteiger charge is -2.23. The molecule has 0 N–H and O–H groups in total. The molecule has 1 aromatic carbocycles. The number of hydrogen-bond acceptors (Lipinski definition) is 3. The first-order valence-corrected chi connectivity index (χ1v) is 5.63. The molecule has 1 rings (SSSR count). The predicted molar refractivity (Wildman–Crippen MR) is 70.9 cm³/mol. The van der Waals surface area contributed by atoms with Crippen LogP contribution in [0, 0.1) is 6.92 Å². The molecule has 0 amide bonds. The van der Waals surface area contributed by atoms with Gasteiger partial charge in [-0.15, -0.1) is 6.58 Å². The van der Waals surface area contributed by atoms with Crippen LogP contribution in [0.3, 0.4) is 0 Å². The molecule has 0 heterocycles. The maximum Gasteiger partial charge on any atom is 0.150 e. The topological polar surface area (TPSA) is 29.5 Å². The number of carbonyl (C=O) groups is 1. The van der Waals surface area contributed by atoms with E-state index in [9.17, 15) is 4.79 Å². The molecule has 17 heavy (non-hydrogen) atoms. The highest BCUT2D eigenvalue weighted by Gasteiger charge is 2.06. The van der Waals surface area contributed by atoms with E-state index < -0.39 is 0 Å². The third-order valence-electron chi connectivity index (χ3n) is 2.66. The zero-order chi connectivity index (χ0) is 12.7. The van der Waals surface area contributed by atoms with Crippen molar-refractivity contribution in [1.82, 2.24) is 0 Å². The van der Waals surface area contributed by atoms with Crippen LogP contribution in [0.1, 0.15) is 15.9 Å². The summed E-state index contributed by atoms with van der Waals surface area (Å²) in [5.41, 5.74) is 2.81. The summed E-state index contributed by atoms with van der Waals surface area (Å²) in [6.07, 6.45) is 2.74. The van der Waals surface area contributed by atoms with Gasteiger partial charge >= 0.3 is 0 Å². The number of ether oxygens (including phenoxy) is 1. The Morgan fingerprint density at radius 3 is 2.76 bits per heavy atom. The number of aryl methyl sites for hydroxylation is 1. The highest BCUT2D eigenvalue weighted by atomic mass is 16.5. The summed E-state index contributed by atoms with van der Waals surface area (Å²) in [7, 11) is 1.69. The Kier molecular flexibility index (Phi) is 5.43. The average molecular weight is 233 g/mol. The summed E-state index contributed by atoms with van der Waals surface area (Å²) in [5, 5.41) is 0. The van der Waals surface area contributed by atoms with Gasteiger partial charge in [-0.1, -0.05) is 6.08 Å². The molecule has 0 spiro atoms. The SMILES string of the molecule is C=CCN(CCOC)c1ccc(C=O)c(C)c1. The largest absolute Gasteiger partial charge is 0.383 e. The molecule has 0 aliphatic heterocycles. The third-order valence-corrected chi connectivity index (χ3v) is 2.66. The van der Waals surface area contributed by atoms with Crippen molar-refractivity contribution in [2.45, 2.75) is 6.92 Å². The zero-order valence-electron chi connectivity index (χ0n) is 10.5. The van der Waals surface area contributed by atoms with Crippen molar-refractivity contribution in [1.29, 1.82) is 0 Å². The summed E-state index contributed by atoms with van der Waals surface area (Å²) >= 11 is 0. The van der Waals surface area contributed by atoms with Crippen LogP contribution in [-0.2, 0) is 4.74 Å². The maximum absolute atomic E-state index is 10.8. The van der Waals surface area contributed by atoms with E-state index in [2.05, 4.69) is 11.5 Å². The fourth-order valence-electron chi connectivity index (χ4n) is 1.67. The minimum absolute atomic E-state index is 0.669. The first kappa shape index (κ1) is 13.5. The van der Waals surface area contributed by atoms with Crippen molar-refractivity contribution < 1.29 is 9.53 Å². The molecule has 1 aromatic rings. The maximum atomic E-state index is 10.8. The van der Waals surface area contributed by atoms with Gasteiger partial charge < -0.3 is 9.64 Å². The summed E-state index contributed by atoms with van der Waals surface area (Å²) < 4.78 is 5.08. The normalized spacial score (nSPS) is 10.0. The third kappa shape index (κ3) is 3.71. The Hall–Kier alpha value is -1.61. The van der Waals surface area contributed by atoms with Gasteiger partial charge in [-0.2, -0.15) is 0 Å². The molecule has 0 saturated carbocycles. The van der Waals surface area contributed by atoms with Gasteiger partial charge in [0.05, 0.1) is 6.61 Å². The fraction of sp³-hybridized carbons (Fsp3) is 0.357. The molecule has 92 valence electrons. The van der Waals surface area contributed by atoms with Crippen LogP contribution < -0.4 is 4.90 Å². The van der Waals surface area contributed by atoms with Crippen LogP contribution in [0.5, 0.6) is 0 Å². The number of carbonyl (C=O) groups excluding carboxylic acids is 1. The second kappa shape index (κ2) is 6.86. The summed E-state index contributed by atoms with van der Waals surface area (Å²) in [6.45, 7) is 7.94. The summed E-state index contributed by atoms with van der Waals surface area (Å²) in [5.74, 6) is 0. The summed E-state index contributed by atoms with van der Waals surface area (Å²) in [6, 6.07) is 5.82. The van der Waals surface area contributed by atoms with Crippen LogP contribution in [0.4, 0.5) is 5.69 Å². The number of hydrogen-bond donors (Lipinski definition) is 0. The van der Waals surface area contributed by atoms with E-state index in [1.807, 2.05) is 31.2 Å². The molecular formula is C14H19NO2. The number of benzene rings is 1.